The molecule has 0 saturated heterocycles. The minimum absolute atomic E-state index is 0.181. The van der Waals surface area contributed by atoms with Crippen molar-refractivity contribution in [3.8, 4) is 11.1 Å². The second-order valence-corrected chi connectivity index (χ2v) is 7.78. The van der Waals surface area contributed by atoms with Gasteiger partial charge in [0, 0.05) is 10.9 Å². The third-order valence-corrected chi connectivity index (χ3v) is 5.87. The van der Waals surface area contributed by atoms with E-state index in [0.717, 1.165) is 17.5 Å². The normalized spacial score (nSPS) is 13.5. The van der Waals surface area contributed by atoms with Gasteiger partial charge in [0.1, 0.15) is 10.9 Å². The summed E-state index contributed by atoms with van der Waals surface area (Å²) < 4.78 is 6.75. The van der Waals surface area contributed by atoms with Gasteiger partial charge in [-0.25, -0.2) is 9.78 Å². The maximum absolute atomic E-state index is 13.2. The van der Waals surface area contributed by atoms with Crippen LogP contribution in [-0.2, 0) is 9.53 Å². The van der Waals surface area contributed by atoms with E-state index in [9.17, 15) is 9.59 Å². The molecule has 0 spiro atoms. The number of carbonyl (C=O) groups excluding carboxylic acids is 1. The zero-order valence-corrected chi connectivity index (χ0v) is 17.1. The van der Waals surface area contributed by atoms with E-state index in [-0.39, 0.29) is 11.7 Å². The van der Waals surface area contributed by atoms with Crippen LogP contribution in [0.3, 0.4) is 0 Å². The number of hydrogen-bond donors (Lipinski definition) is 0. The van der Waals surface area contributed by atoms with Crippen molar-refractivity contribution in [3.05, 3.63) is 51.4 Å². The number of esters is 1. The summed E-state index contributed by atoms with van der Waals surface area (Å²) in [4.78, 5) is 30.6. The van der Waals surface area contributed by atoms with Crippen LogP contribution in [0.4, 0.5) is 0 Å². The summed E-state index contributed by atoms with van der Waals surface area (Å²) in [6, 6.07) is 5.42. The second-order valence-electron chi connectivity index (χ2n) is 6.92. The Morgan fingerprint density at radius 3 is 2.67 bits per heavy atom. The van der Waals surface area contributed by atoms with Crippen LogP contribution in [-0.4, -0.2) is 21.6 Å². The second kappa shape index (κ2) is 7.64. The van der Waals surface area contributed by atoms with E-state index in [0.29, 0.717) is 10.2 Å². The number of ether oxygens (including phenoxy) is 1. The Bertz CT molecular complexity index is 1050. The number of hydrogen-bond acceptors (Lipinski definition) is 5. The first-order chi connectivity index (χ1) is 12.8. The predicted octanol–water partition coefficient (Wildman–Crippen LogP) is 4.64. The molecule has 2 heterocycles. The third-order valence-electron chi connectivity index (χ3n) is 4.99. The first kappa shape index (κ1) is 19.3. The molecule has 2 aromatic heterocycles. The van der Waals surface area contributed by atoms with Gasteiger partial charge >= 0.3 is 5.97 Å². The molecule has 0 radical (unpaired) electrons. The molecule has 0 saturated carbocycles. The highest BCUT2D eigenvalue weighted by atomic mass is 32.1. The third kappa shape index (κ3) is 3.67. The average Bonchev–Trinajstić information content (AvgIpc) is 3.08. The van der Waals surface area contributed by atoms with Crippen molar-refractivity contribution < 1.29 is 9.53 Å². The molecule has 3 rings (SSSR count). The molecule has 3 aromatic rings. The molecule has 0 aliphatic heterocycles. The number of benzene rings is 1. The molecular formula is C21H24N2O3S. The molecule has 2 atom stereocenters. The van der Waals surface area contributed by atoms with Crippen molar-refractivity contribution >= 4 is 27.5 Å². The van der Waals surface area contributed by atoms with Crippen molar-refractivity contribution in [2.45, 2.75) is 53.2 Å². The Labute approximate surface area is 162 Å². The molecular weight excluding hydrogens is 360 g/mol. The van der Waals surface area contributed by atoms with Crippen LogP contribution in [0.15, 0.2) is 34.7 Å². The monoisotopic (exact) mass is 384 g/mol. The van der Waals surface area contributed by atoms with Crippen LogP contribution in [0.25, 0.3) is 21.3 Å². The topological polar surface area (TPSA) is 61.2 Å². The molecule has 0 amide bonds. The van der Waals surface area contributed by atoms with Gasteiger partial charge in [-0.1, -0.05) is 25.1 Å². The van der Waals surface area contributed by atoms with Crippen molar-refractivity contribution in [2.75, 3.05) is 0 Å². The SMILES string of the molecule is CCC(C)OC(=O)C(C)n1cnc2scc(-c3ccc(C)c(C)c3)c2c1=O. The van der Waals surface area contributed by atoms with Gasteiger partial charge in [0.25, 0.3) is 5.56 Å². The molecule has 0 aliphatic carbocycles. The Morgan fingerprint density at radius 2 is 2.00 bits per heavy atom. The van der Waals surface area contributed by atoms with Gasteiger partial charge in [-0.3, -0.25) is 9.36 Å². The van der Waals surface area contributed by atoms with Crippen molar-refractivity contribution in [3.63, 3.8) is 0 Å². The minimum atomic E-state index is -0.726. The lowest BCUT2D eigenvalue weighted by Crippen LogP contribution is -2.31. The molecule has 0 bridgehead atoms. The van der Waals surface area contributed by atoms with Crippen LogP contribution in [0, 0.1) is 13.8 Å². The molecule has 0 aliphatic rings. The number of rotatable bonds is 5. The number of carbonyl (C=O) groups is 1. The molecule has 0 N–H and O–H groups in total. The van der Waals surface area contributed by atoms with Crippen LogP contribution < -0.4 is 5.56 Å². The van der Waals surface area contributed by atoms with E-state index in [1.54, 1.807) is 6.92 Å². The molecule has 142 valence electrons. The quantitative estimate of drug-likeness (QED) is 0.601. The highest BCUT2D eigenvalue weighted by Crippen LogP contribution is 2.32. The lowest BCUT2D eigenvalue weighted by atomic mass is 10.0. The van der Waals surface area contributed by atoms with Gasteiger partial charge in [-0.2, -0.15) is 0 Å². The smallest absolute Gasteiger partial charge is 0.329 e. The Hall–Kier alpha value is -2.47. The fourth-order valence-corrected chi connectivity index (χ4v) is 3.74. The van der Waals surface area contributed by atoms with E-state index in [4.69, 9.17) is 4.74 Å². The lowest BCUT2D eigenvalue weighted by molar-refractivity contribution is -0.152. The Kier molecular flexibility index (Phi) is 5.46. The van der Waals surface area contributed by atoms with E-state index in [2.05, 4.69) is 31.0 Å². The highest BCUT2D eigenvalue weighted by Gasteiger charge is 2.22. The first-order valence-electron chi connectivity index (χ1n) is 9.10. The van der Waals surface area contributed by atoms with Crippen molar-refractivity contribution in [2.24, 2.45) is 0 Å². The Balaban J connectivity index is 2.08. The van der Waals surface area contributed by atoms with Crippen LogP contribution >= 0.6 is 11.3 Å². The van der Waals surface area contributed by atoms with Crippen molar-refractivity contribution in [1.29, 1.82) is 0 Å². The van der Waals surface area contributed by atoms with Gasteiger partial charge in [0.05, 0.1) is 17.8 Å². The van der Waals surface area contributed by atoms with Gasteiger partial charge < -0.3 is 4.74 Å². The van der Waals surface area contributed by atoms with E-state index < -0.39 is 12.0 Å². The lowest BCUT2D eigenvalue weighted by Gasteiger charge is -2.17. The molecule has 0 fully saturated rings. The molecule has 5 nitrogen and oxygen atoms in total. The van der Waals surface area contributed by atoms with E-state index in [1.165, 1.54) is 33.4 Å². The number of fused-ring (bicyclic) bond motifs is 1. The van der Waals surface area contributed by atoms with E-state index in [1.807, 2.05) is 25.3 Å². The fourth-order valence-electron chi connectivity index (χ4n) is 2.84. The van der Waals surface area contributed by atoms with Crippen molar-refractivity contribution in [1.82, 2.24) is 9.55 Å². The number of aromatic nitrogens is 2. The van der Waals surface area contributed by atoms with Gasteiger partial charge in [0.2, 0.25) is 0 Å². The summed E-state index contributed by atoms with van der Waals surface area (Å²) in [5.41, 5.74) is 3.99. The van der Waals surface area contributed by atoms with Gasteiger partial charge in [-0.05, 0) is 50.8 Å². The van der Waals surface area contributed by atoms with E-state index >= 15 is 0 Å². The molecule has 6 heteroatoms. The number of nitrogens with zero attached hydrogens (tertiary/aromatic N) is 2. The summed E-state index contributed by atoms with van der Waals surface area (Å²) in [5.74, 6) is -0.421. The zero-order valence-electron chi connectivity index (χ0n) is 16.3. The zero-order chi connectivity index (χ0) is 19.7. The molecule has 1 aromatic carbocycles. The summed E-state index contributed by atoms with van der Waals surface area (Å²) in [6.45, 7) is 9.57. The van der Waals surface area contributed by atoms with Gasteiger partial charge in [-0.15, -0.1) is 11.3 Å². The standard InChI is InChI=1S/C21H24N2O3S/c1-6-14(4)26-21(25)15(5)23-11-22-19-18(20(23)24)17(10-27-19)16-8-7-12(2)13(3)9-16/h7-11,14-15H,6H2,1-5H3. The highest BCUT2D eigenvalue weighted by molar-refractivity contribution is 7.17. The average molecular weight is 385 g/mol. The van der Waals surface area contributed by atoms with Crippen LogP contribution in [0.2, 0.25) is 0 Å². The predicted molar refractivity (Wildman–Crippen MR) is 109 cm³/mol. The number of thiophene rings is 1. The summed E-state index contributed by atoms with van der Waals surface area (Å²) in [5, 5.41) is 2.50. The Morgan fingerprint density at radius 1 is 1.26 bits per heavy atom. The fraction of sp³-hybridized carbons (Fsp3) is 0.381. The molecule has 27 heavy (non-hydrogen) atoms. The molecule has 2 unspecified atom stereocenters. The summed E-state index contributed by atoms with van der Waals surface area (Å²) >= 11 is 1.44. The largest absolute Gasteiger partial charge is 0.461 e. The van der Waals surface area contributed by atoms with Crippen LogP contribution in [0.1, 0.15) is 44.4 Å². The summed E-state index contributed by atoms with van der Waals surface area (Å²) in [6.07, 6.45) is 1.99. The minimum Gasteiger partial charge on any atom is -0.461 e. The maximum atomic E-state index is 13.2. The summed E-state index contributed by atoms with van der Waals surface area (Å²) in [7, 11) is 0. The number of aryl methyl sites for hydroxylation is 2. The van der Waals surface area contributed by atoms with Gasteiger partial charge in [0.15, 0.2) is 0 Å². The van der Waals surface area contributed by atoms with Crippen LogP contribution in [0.5, 0.6) is 0 Å². The maximum Gasteiger partial charge on any atom is 0.329 e. The first-order valence-corrected chi connectivity index (χ1v) is 9.97.